The molecule has 0 saturated carbocycles. The van der Waals surface area contributed by atoms with E-state index in [-0.39, 0.29) is 4.90 Å². The number of hydrogen-bond donors (Lipinski definition) is 0. The van der Waals surface area contributed by atoms with Crippen LogP contribution in [0.3, 0.4) is 0 Å². The van der Waals surface area contributed by atoms with Gasteiger partial charge in [0.05, 0.1) is 10.6 Å². The number of benzene rings is 2. The highest BCUT2D eigenvalue weighted by molar-refractivity contribution is 7.99. The molecular formula is C25H27N5O2S2. The number of hydrogen-bond acceptors (Lipinski definition) is 6. The summed E-state index contributed by atoms with van der Waals surface area (Å²) in [7, 11) is -0.525. The molecule has 0 spiro atoms. The van der Waals surface area contributed by atoms with Crippen LogP contribution in [0.2, 0.25) is 0 Å². The smallest absolute Gasteiger partial charge is 0.242 e. The number of aryl methyl sites for hydroxylation is 3. The Kier molecular flexibility index (Phi) is 7.16. The predicted molar refractivity (Wildman–Crippen MR) is 136 cm³/mol. The Morgan fingerprint density at radius 3 is 2.35 bits per heavy atom. The van der Waals surface area contributed by atoms with Crippen molar-refractivity contribution in [3.63, 3.8) is 0 Å². The number of nitrogens with zero attached hydrogens (tertiary/aromatic N) is 5. The molecule has 2 aromatic carbocycles. The first kappa shape index (κ1) is 24.1. The van der Waals surface area contributed by atoms with Crippen molar-refractivity contribution in [3.05, 3.63) is 83.7 Å². The zero-order chi connectivity index (χ0) is 24.3. The molecule has 7 nitrogen and oxygen atoms in total. The Morgan fingerprint density at radius 2 is 1.68 bits per heavy atom. The average molecular weight is 494 g/mol. The first-order valence-corrected chi connectivity index (χ1v) is 13.3. The normalized spacial score (nSPS) is 11.8. The Morgan fingerprint density at radius 1 is 0.941 bits per heavy atom. The molecule has 0 N–H and O–H groups in total. The Balaban J connectivity index is 1.78. The van der Waals surface area contributed by atoms with Gasteiger partial charge < -0.3 is 0 Å². The van der Waals surface area contributed by atoms with Crippen LogP contribution in [0.4, 0.5) is 0 Å². The van der Waals surface area contributed by atoms with Gasteiger partial charge in [0.2, 0.25) is 10.0 Å². The zero-order valence-electron chi connectivity index (χ0n) is 19.6. The van der Waals surface area contributed by atoms with E-state index >= 15 is 0 Å². The lowest BCUT2D eigenvalue weighted by Gasteiger charge is -2.16. The minimum atomic E-state index is -3.58. The van der Waals surface area contributed by atoms with Crippen molar-refractivity contribution < 1.29 is 8.42 Å². The Hall–Kier alpha value is -3.01. The summed E-state index contributed by atoms with van der Waals surface area (Å²) in [5, 5.41) is 9.77. The van der Waals surface area contributed by atoms with Gasteiger partial charge in [-0.1, -0.05) is 48.2 Å². The van der Waals surface area contributed by atoms with Gasteiger partial charge >= 0.3 is 0 Å². The maximum Gasteiger partial charge on any atom is 0.242 e. The topological polar surface area (TPSA) is 81.0 Å². The molecule has 0 saturated heterocycles. The highest BCUT2D eigenvalue weighted by atomic mass is 32.2. The lowest BCUT2D eigenvalue weighted by Crippen LogP contribution is -2.22. The third-order valence-corrected chi connectivity index (χ3v) is 8.22. The molecule has 34 heavy (non-hydrogen) atoms. The molecule has 0 atom stereocenters. The molecule has 0 radical (unpaired) electrons. The van der Waals surface area contributed by atoms with Gasteiger partial charge in [-0.25, -0.2) is 12.7 Å². The molecule has 0 aliphatic rings. The summed E-state index contributed by atoms with van der Waals surface area (Å²) in [6.45, 7) is 4.11. The number of para-hydroxylation sites is 1. The third kappa shape index (κ3) is 4.91. The predicted octanol–water partition coefficient (Wildman–Crippen LogP) is 4.53. The Bertz CT molecular complexity index is 1380. The second-order valence-corrected chi connectivity index (χ2v) is 11.3. The van der Waals surface area contributed by atoms with E-state index in [4.69, 9.17) is 0 Å². The van der Waals surface area contributed by atoms with Gasteiger partial charge in [-0.05, 0) is 55.7 Å². The van der Waals surface area contributed by atoms with E-state index in [0.717, 1.165) is 39.8 Å². The van der Waals surface area contributed by atoms with Gasteiger partial charge in [-0.2, -0.15) is 0 Å². The van der Waals surface area contributed by atoms with Crippen LogP contribution in [0.25, 0.3) is 17.1 Å². The van der Waals surface area contributed by atoms with E-state index < -0.39 is 10.0 Å². The van der Waals surface area contributed by atoms with Gasteiger partial charge in [0.15, 0.2) is 11.0 Å². The highest BCUT2D eigenvalue weighted by Gasteiger charge is 2.22. The molecule has 2 aromatic heterocycles. The monoisotopic (exact) mass is 493 g/mol. The third-order valence-electron chi connectivity index (χ3n) is 5.48. The number of thioether (sulfide) groups is 1. The number of rotatable bonds is 8. The van der Waals surface area contributed by atoms with Crippen LogP contribution in [0.15, 0.2) is 76.9 Å². The largest absolute Gasteiger partial charge is 0.269 e. The minimum Gasteiger partial charge on any atom is -0.269 e. The second-order valence-electron chi connectivity index (χ2n) is 8.12. The van der Waals surface area contributed by atoms with Crippen LogP contribution in [-0.2, 0) is 16.4 Å². The van der Waals surface area contributed by atoms with Crippen molar-refractivity contribution in [1.29, 1.82) is 0 Å². The van der Waals surface area contributed by atoms with Crippen molar-refractivity contribution >= 4 is 21.8 Å². The maximum absolute atomic E-state index is 12.7. The highest BCUT2D eigenvalue weighted by Crippen LogP contribution is 2.32. The minimum absolute atomic E-state index is 0.218. The van der Waals surface area contributed by atoms with Crippen molar-refractivity contribution in [2.45, 2.75) is 30.3 Å². The zero-order valence-corrected chi connectivity index (χ0v) is 21.3. The molecule has 0 fully saturated rings. The van der Waals surface area contributed by atoms with E-state index in [1.165, 1.54) is 18.4 Å². The molecule has 0 unspecified atom stereocenters. The number of pyridine rings is 1. The van der Waals surface area contributed by atoms with Gasteiger partial charge in [-0.15, -0.1) is 10.2 Å². The van der Waals surface area contributed by atoms with Crippen molar-refractivity contribution in [2.24, 2.45) is 0 Å². The van der Waals surface area contributed by atoms with E-state index in [0.29, 0.717) is 11.4 Å². The van der Waals surface area contributed by atoms with E-state index in [1.807, 2.05) is 34.9 Å². The van der Waals surface area contributed by atoms with E-state index in [2.05, 4.69) is 41.2 Å². The first-order chi connectivity index (χ1) is 16.3. The van der Waals surface area contributed by atoms with Crippen LogP contribution >= 0.6 is 11.8 Å². The Labute approximate surface area is 204 Å². The van der Waals surface area contributed by atoms with Crippen LogP contribution in [0.5, 0.6) is 0 Å². The molecule has 9 heteroatoms. The summed E-state index contributed by atoms with van der Waals surface area (Å²) in [5.41, 5.74) is 4.89. The molecule has 4 aromatic rings. The molecule has 0 amide bonds. The summed E-state index contributed by atoms with van der Waals surface area (Å²) in [6, 6.07) is 18.9. The van der Waals surface area contributed by atoms with Crippen molar-refractivity contribution in [3.8, 4) is 17.1 Å². The van der Waals surface area contributed by atoms with Crippen LogP contribution in [0, 0.1) is 13.8 Å². The number of sulfonamides is 1. The lowest BCUT2D eigenvalue weighted by atomic mass is 10.1. The molecule has 0 aliphatic carbocycles. The number of aromatic nitrogens is 4. The quantitative estimate of drug-likeness (QED) is 0.336. The first-order valence-electron chi connectivity index (χ1n) is 10.9. The standard InChI is InChI=1S/C25H27N5O2S2/c1-18-9-7-10-19(2)23(18)30-24(20-11-8-13-22(17-20)34(31,32)29(3)4)27-28-25(30)33-16-14-21-12-5-6-15-26-21/h5-13,15,17H,14,16H2,1-4H3. The van der Waals surface area contributed by atoms with E-state index in [9.17, 15) is 8.42 Å². The summed E-state index contributed by atoms with van der Waals surface area (Å²) >= 11 is 1.61. The molecule has 2 heterocycles. The van der Waals surface area contributed by atoms with Crippen molar-refractivity contribution in [2.75, 3.05) is 19.8 Å². The average Bonchev–Trinajstić information content (AvgIpc) is 3.23. The molecule has 176 valence electrons. The summed E-state index contributed by atoms with van der Waals surface area (Å²) in [5.74, 6) is 1.39. The molecular weight excluding hydrogens is 466 g/mol. The van der Waals surface area contributed by atoms with Crippen LogP contribution < -0.4 is 0 Å². The summed E-state index contributed by atoms with van der Waals surface area (Å²) in [6.07, 6.45) is 2.60. The van der Waals surface area contributed by atoms with Gasteiger partial charge in [-0.3, -0.25) is 9.55 Å². The SMILES string of the molecule is Cc1cccc(C)c1-n1c(SCCc2ccccn2)nnc1-c1cccc(S(=O)(=O)N(C)C)c1. The second kappa shape index (κ2) is 10.1. The van der Waals surface area contributed by atoms with Crippen LogP contribution in [-0.4, -0.2) is 52.3 Å². The summed E-state index contributed by atoms with van der Waals surface area (Å²) in [4.78, 5) is 4.62. The maximum atomic E-state index is 12.7. The van der Waals surface area contributed by atoms with Gasteiger partial charge in [0.1, 0.15) is 0 Å². The van der Waals surface area contributed by atoms with Gasteiger partial charge in [0, 0.05) is 37.3 Å². The molecule has 4 rings (SSSR count). The van der Waals surface area contributed by atoms with E-state index in [1.54, 1.807) is 36.2 Å². The summed E-state index contributed by atoms with van der Waals surface area (Å²) < 4.78 is 28.7. The van der Waals surface area contributed by atoms with Gasteiger partial charge in [0.25, 0.3) is 0 Å². The molecule has 0 bridgehead atoms. The fourth-order valence-electron chi connectivity index (χ4n) is 3.71. The lowest BCUT2D eigenvalue weighted by molar-refractivity contribution is 0.521. The fourth-order valence-corrected chi connectivity index (χ4v) is 5.56. The van der Waals surface area contributed by atoms with Crippen LogP contribution in [0.1, 0.15) is 16.8 Å². The van der Waals surface area contributed by atoms with Crippen molar-refractivity contribution in [1.82, 2.24) is 24.1 Å². The molecule has 0 aliphatic heterocycles. The fraction of sp³-hybridized carbons (Fsp3) is 0.240.